The molecule has 1 amide bonds. The number of hydrogen-bond donors (Lipinski definition) is 1. The van der Waals surface area contributed by atoms with Gasteiger partial charge in [-0.3, -0.25) is 4.79 Å². The van der Waals surface area contributed by atoms with E-state index >= 15 is 0 Å². The van der Waals surface area contributed by atoms with Crippen molar-refractivity contribution in [1.29, 1.82) is 0 Å². The van der Waals surface area contributed by atoms with Crippen molar-refractivity contribution >= 4 is 11.7 Å². The van der Waals surface area contributed by atoms with E-state index in [0.29, 0.717) is 23.0 Å². The van der Waals surface area contributed by atoms with Gasteiger partial charge in [0.05, 0.1) is 17.6 Å². The largest absolute Gasteiger partial charge is 0.305 e. The lowest BCUT2D eigenvalue weighted by Crippen LogP contribution is -2.16. The second-order valence-corrected chi connectivity index (χ2v) is 7.23. The molecular weight excluding hydrogens is 353 g/mol. The van der Waals surface area contributed by atoms with Crippen molar-refractivity contribution in [2.45, 2.75) is 32.1 Å². The van der Waals surface area contributed by atoms with Crippen LogP contribution in [-0.4, -0.2) is 15.9 Å². The molecule has 1 aliphatic carbocycles. The van der Waals surface area contributed by atoms with E-state index in [-0.39, 0.29) is 11.7 Å². The van der Waals surface area contributed by atoms with Gasteiger partial charge < -0.3 is 5.32 Å². The monoisotopic (exact) mass is 375 g/mol. The molecule has 5 heteroatoms. The van der Waals surface area contributed by atoms with Crippen molar-refractivity contribution in [1.82, 2.24) is 9.97 Å². The molecule has 1 fully saturated rings. The number of amides is 1. The summed E-state index contributed by atoms with van der Waals surface area (Å²) in [6, 6.07) is 15.3. The number of carbonyl (C=O) groups is 1. The van der Waals surface area contributed by atoms with Crippen molar-refractivity contribution in [3.05, 3.63) is 77.9 Å². The average Bonchev–Trinajstić information content (AvgIpc) is 3.23. The summed E-state index contributed by atoms with van der Waals surface area (Å²) in [6.45, 7) is 0. The molecule has 4 nitrogen and oxygen atoms in total. The third kappa shape index (κ3) is 4.25. The number of aromatic nitrogens is 2. The SMILES string of the molecule is O=C(Nc1ncc(-c2ccc(F)cc2)nc1CC1CCCC1)c1ccccc1. The second kappa shape index (κ2) is 8.30. The molecular formula is C23H22FN3O. The fourth-order valence-corrected chi connectivity index (χ4v) is 3.69. The lowest BCUT2D eigenvalue weighted by Gasteiger charge is -2.14. The summed E-state index contributed by atoms with van der Waals surface area (Å²) in [7, 11) is 0. The average molecular weight is 375 g/mol. The van der Waals surface area contributed by atoms with Crippen LogP contribution in [0.5, 0.6) is 0 Å². The first kappa shape index (κ1) is 18.3. The molecule has 0 radical (unpaired) electrons. The highest BCUT2D eigenvalue weighted by atomic mass is 19.1. The van der Waals surface area contributed by atoms with Gasteiger partial charge in [0, 0.05) is 11.1 Å². The predicted molar refractivity (Wildman–Crippen MR) is 107 cm³/mol. The van der Waals surface area contributed by atoms with Crippen LogP contribution in [0.2, 0.25) is 0 Å². The van der Waals surface area contributed by atoms with E-state index in [1.165, 1.54) is 37.8 Å². The molecule has 0 bridgehead atoms. The van der Waals surface area contributed by atoms with Gasteiger partial charge in [-0.2, -0.15) is 0 Å². The lowest BCUT2D eigenvalue weighted by molar-refractivity contribution is 0.102. The van der Waals surface area contributed by atoms with Crippen LogP contribution in [0.15, 0.2) is 60.8 Å². The van der Waals surface area contributed by atoms with Crippen molar-refractivity contribution in [3.63, 3.8) is 0 Å². The van der Waals surface area contributed by atoms with Gasteiger partial charge in [0.2, 0.25) is 0 Å². The second-order valence-electron chi connectivity index (χ2n) is 7.23. The molecule has 1 N–H and O–H groups in total. The van der Waals surface area contributed by atoms with Crippen LogP contribution >= 0.6 is 0 Å². The molecule has 0 atom stereocenters. The fraction of sp³-hybridized carbons (Fsp3) is 0.261. The van der Waals surface area contributed by atoms with Gasteiger partial charge in [0.1, 0.15) is 5.82 Å². The third-order valence-corrected chi connectivity index (χ3v) is 5.21. The van der Waals surface area contributed by atoms with E-state index in [0.717, 1.165) is 17.7 Å². The number of halogens is 1. The molecule has 4 rings (SSSR count). The minimum absolute atomic E-state index is 0.197. The summed E-state index contributed by atoms with van der Waals surface area (Å²) in [5, 5.41) is 2.92. The molecule has 3 aromatic rings. The molecule has 142 valence electrons. The first-order valence-electron chi connectivity index (χ1n) is 9.67. The maximum atomic E-state index is 13.2. The Balaban J connectivity index is 1.64. The maximum absolute atomic E-state index is 13.2. The molecule has 1 saturated carbocycles. The number of nitrogens with zero attached hydrogens (tertiary/aromatic N) is 2. The first-order valence-corrected chi connectivity index (χ1v) is 9.67. The van der Waals surface area contributed by atoms with E-state index in [1.54, 1.807) is 30.5 Å². The number of nitrogens with one attached hydrogen (secondary N) is 1. The van der Waals surface area contributed by atoms with Crippen molar-refractivity contribution in [3.8, 4) is 11.3 Å². The Morgan fingerprint density at radius 3 is 2.46 bits per heavy atom. The molecule has 0 saturated heterocycles. The van der Waals surface area contributed by atoms with E-state index in [1.807, 2.05) is 18.2 Å². The highest BCUT2D eigenvalue weighted by molar-refractivity contribution is 6.04. The van der Waals surface area contributed by atoms with Gasteiger partial charge in [-0.25, -0.2) is 14.4 Å². The number of hydrogen-bond acceptors (Lipinski definition) is 3. The summed E-state index contributed by atoms with van der Waals surface area (Å²) in [4.78, 5) is 21.9. The zero-order chi connectivity index (χ0) is 19.3. The summed E-state index contributed by atoms with van der Waals surface area (Å²) < 4.78 is 13.2. The number of carbonyl (C=O) groups excluding carboxylic acids is 1. The zero-order valence-electron chi connectivity index (χ0n) is 15.6. The molecule has 1 aromatic heterocycles. The molecule has 1 aliphatic rings. The van der Waals surface area contributed by atoms with Crippen molar-refractivity contribution < 1.29 is 9.18 Å². The predicted octanol–water partition coefficient (Wildman–Crippen LogP) is 5.27. The van der Waals surface area contributed by atoms with Gasteiger partial charge >= 0.3 is 0 Å². The van der Waals surface area contributed by atoms with Crippen LogP contribution in [0.1, 0.15) is 41.7 Å². The summed E-state index contributed by atoms with van der Waals surface area (Å²) >= 11 is 0. The van der Waals surface area contributed by atoms with Gasteiger partial charge in [-0.05, 0) is 48.7 Å². The van der Waals surface area contributed by atoms with Crippen molar-refractivity contribution in [2.24, 2.45) is 5.92 Å². The molecule has 0 unspecified atom stereocenters. The van der Waals surface area contributed by atoms with E-state index in [4.69, 9.17) is 4.98 Å². The van der Waals surface area contributed by atoms with Crippen LogP contribution in [0, 0.1) is 11.7 Å². The Hall–Kier alpha value is -3.08. The Morgan fingerprint density at radius 1 is 1.04 bits per heavy atom. The molecule has 28 heavy (non-hydrogen) atoms. The Bertz CT molecular complexity index is 951. The Morgan fingerprint density at radius 2 is 1.75 bits per heavy atom. The lowest BCUT2D eigenvalue weighted by atomic mass is 10.0. The third-order valence-electron chi connectivity index (χ3n) is 5.21. The first-order chi connectivity index (χ1) is 13.7. The Kier molecular flexibility index (Phi) is 5.42. The van der Waals surface area contributed by atoms with E-state index in [9.17, 15) is 9.18 Å². The molecule has 0 aliphatic heterocycles. The summed E-state index contributed by atoms with van der Waals surface area (Å²) in [6.07, 6.45) is 7.24. The maximum Gasteiger partial charge on any atom is 0.256 e. The fourth-order valence-electron chi connectivity index (χ4n) is 3.69. The summed E-state index contributed by atoms with van der Waals surface area (Å²) in [5.41, 5.74) is 2.87. The highest BCUT2D eigenvalue weighted by Gasteiger charge is 2.20. The standard InChI is InChI=1S/C23H22FN3O/c24-19-12-10-17(11-13-19)21-15-25-22(20(26-21)14-16-6-4-5-7-16)27-23(28)18-8-2-1-3-9-18/h1-3,8-13,15-16H,4-7,14H2,(H,25,27,28). The smallest absolute Gasteiger partial charge is 0.256 e. The van der Waals surface area contributed by atoms with Crippen LogP contribution in [0.3, 0.4) is 0 Å². The van der Waals surface area contributed by atoms with Gasteiger partial charge in [0.15, 0.2) is 5.82 Å². The highest BCUT2D eigenvalue weighted by Crippen LogP contribution is 2.30. The molecule has 0 spiro atoms. The Labute approximate surface area is 163 Å². The van der Waals surface area contributed by atoms with Gasteiger partial charge in [0.25, 0.3) is 5.91 Å². The molecule has 2 aromatic carbocycles. The minimum Gasteiger partial charge on any atom is -0.305 e. The number of anilines is 1. The van der Waals surface area contributed by atoms with Crippen LogP contribution in [0.25, 0.3) is 11.3 Å². The van der Waals surface area contributed by atoms with Crippen molar-refractivity contribution in [2.75, 3.05) is 5.32 Å². The van der Waals surface area contributed by atoms with Gasteiger partial charge in [-0.15, -0.1) is 0 Å². The van der Waals surface area contributed by atoms with E-state index < -0.39 is 0 Å². The van der Waals surface area contributed by atoms with Gasteiger partial charge in [-0.1, -0.05) is 43.9 Å². The van der Waals surface area contributed by atoms with Crippen LogP contribution < -0.4 is 5.32 Å². The normalized spacial score (nSPS) is 14.2. The number of benzene rings is 2. The zero-order valence-corrected chi connectivity index (χ0v) is 15.6. The quantitative estimate of drug-likeness (QED) is 0.661. The minimum atomic E-state index is -0.283. The van der Waals surface area contributed by atoms with Crippen LogP contribution in [0.4, 0.5) is 10.2 Å². The molecule has 1 heterocycles. The summed E-state index contributed by atoms with van der Waals surface area (Å²) in [5.74, 6) is 0.587. The van der Waals surface area contributed by atoms with Crippen LogP contribution in [-0.2, 0) is 6.42 Å². The van der Waals surface area contributed by atoms with E-state index in [2.05, 4.69) is 10.3 Å². The topological polar surface area (TPSA) is 54.9 Å². The number of rotatable bonds is 5.